The van der Waals surface area contributed by atoms with E-state index in [1.165, 1.54) is 5.56 Å². The van der Waals surface area contributed by atoms with Gasteiger partial charge in [0.1, 0.15) is 11.6 Å². The van der Waals surface area contributed by atoms with E-state index in [2.05, 4.69) is 61.1 Å². The van der Waals surface area contributed by atoms with E-state index < -0.39 is 12.0 Å². The minimum atomic E-state index is -0.583. The first-order valence-corrected chi connectivity index (χ1v) is 11.8. The average molecular weight is 466 g/mol. The number of nitrogens with one attached hydrogen (secondary N) is 1. The van der Waals surface area contributed by atoms with Crippen molar-refractivity contribution in [2.45, 2.75) is 65.1 Å². The van der Waals surface area contributed by atoms with Crippen molar-refractivity contribution in [3.8, 4) is 0 Å². The zero-order valence-corrected chi connectivity index (χ0v) is 20.9. The van der Waals surface area contributed by atoms with Crippen molar-refractivity contribution in [3.63, 3.8) is 0 Å². The molecule has 182 valence electrons. The molecule has 1 aliphatic rings. The molecule has 0 radical (unpaired) electrons. The second-order valence-corrected chi connectivity index (χ2v) is 10.2. The predicted molar refractivity (Wildman–Crippen MR) is 134 cm³/mol. The van der Waals surface area contributed by atoms with Crippen molar-refractivity contribution < 1.29 is 9.53 Å². The third-order valence-corrected chi connectivity index (χ3v) is 6.44. The smallest absolute Gasteiger partial charge is 0.246 e. The highest BCUT2D eigenvalue weighted by Gasteiger charge is 2.26. The summed E-state index contributed by atoms with van der Waals surface area (Å²) in [6, 6.07) is 6.52. The SMILES string of the molecule is Cc1ccc(C(C)(C)C)cc1Nc1nc(N2CCC(OC(C)C(N)=O)CC2)nc2ncn(C)c12. The van der Waals surface area contributed by atoms with E-state index in [0.717, 1.165) is 48.5 Å². The third kappa shape index (κ3) is 4.99. The van der Waals surface area contributed by atoms with Crippen LogP contribution >= 0.6 is 0 Å². The Morgan fingerprint density at radius 1 is 1.24 bits per heavy atom. The molecule has 34 heavy (non-hydrogen) atoms. The standard InChI is InChI=1S/C25H35N7O2/c1-15-7-8-17(25(3,4)5)13-19(15)28-23-20-22(27-14-31(20)6)29-24(30-23)32-11-9-18(10-12-32)34-16(2)21(26)33/h7-8,13-14,16,18H,9-12H2,1-6H3,(H2,26,33)(H,28,29,30). The average Bonchev–Trinajstić information content (AvgIpc) is 3.16. The first kappa shape index (κ1) is 23.9. The number of aryl methyl sites for hydroxylation is 2. The summed E-state index contributed by atoms with van der Waals surface area (Å²) in [7, 11) is 1.95. The number of fused-ring (bicyclic) bond motifs is 1. The Labute approximate surface area is 200 Å². The van der Waals surface area contributed by atoms with Gasteiger partial charge in [0.05, 0.1) is 12.4 Å². The summed E-state index contributed by atoms with van der Waals surface area (Å²) in [6.45, 7) is 11.9. The van der Waals surface area contributed by atoms with E-state index in [1.807, 2.05) is 11.6 Å². The van der Waals surface area contributed by atoms with Crippen molar-refractivity contribution in [1.82, 2.24) is 19.5 Å². The van der Waals surface area contributed by atoms with E-state index in [0.29, 0.717) is 11.6 Å². The van der Waals surface area contributed by atoms with Gasteiger partial charge in [-0.3, -0.25) is 4.79 Å². The zero-order chi connectivity index (χ0) is 24.6. The second kappa shape index (κ2) is 9.21. The van der Waals surface area contributed by atoms with Crippen LogP contribution in [-0.2, 0) is 22.0 Å². The molecule has 0 aliphatic carbocycles. The molecule has 0 bridgehead atoms. The molecule has 3 N–H and O–H groups in total. The Balaban J connectivity index is 1.61. The lowest BCUT2D eigenvalue weighted by Crippen LogP contribution is -2.41. The lowest BCUT2D eigenvalue weighted by molar-refractivity contribution is -0.132. The molecule has 3 aromatic rings. The molecule has 3 heterocycles. The highest BCUT2D eigenvalue weighted by molar-refractivity contribution is 5.87. The van der Waals surface area contributed by atoms with Gasteiger partial charge in [0, 0.05) is 25.8 Å². The number of carbonyl (C=O) groups is 1. The van der Waals surface area contributed by atoms with Crippen molar-refractivity contribution >= 4 is 34.5 Å². The summed E-state index contributed by atoms with van der Waals surface area (Å²) in [5.41, 5.74) is 10.3. The summed E-state index contributed by atoms with van der Waals surface area (Å²) in [6.07, 6.45) is 2.73. The number of aromatic nitrogens is 4. The minimum Gasteiger partial charge on any atom is -0.367 e. The number of benzene rings is 1. The molecule has 1 fully saturated rings. The summed E-state index contributed by atoms with van der Waals surface area (Å²) in [5.74, 6) is 0.933. The molecule has 1 atom stereocenters. The number of hydrogen-bond acceptors (Lipinski definition) is 7. The second-order valence-electron chi connectivity index (χ2n) is 10.2. The van der Waals surface area contributed by atoms with Gasteiger partial charge < -0.3 is 25.3 Å². The number of imidazole rings is 1. The third-order valence-electron chi connectivity index (χ3n) is 6.44. The van der Waals surface area contributed by atoms with Crippen LogP contribution in [0.2, 0.25) is 0 Å². The van der Waals surface area contributed by atoms with Gasteiger partial charge in [0.25, 0.3) is 0 Å². The fourth-order valence-electron chi connectivity index (χ4n) is 4.17. The van der Waals surface area contributed by atoms with Crippen LogP contribution in [-0.4, -0.2) is 50.7 Å². The van der Waals surface area contributed by atoms with Crippen LogP contribution in [0.3, 0.4) is 0 Å². The number of rotatable bonds is 6. The number of nitrogens with zero attached hydrogens (tertiary/aromatic N) is 5. The quantitative estimate of drug-likeness (QED) is 0.572. The lowest BCUT2D eigenvalue weighted by Gasteiger charge is -2.33. The summed E-state index contributed by atoms with van der Waals surface area (Å²) < 4.78 is 7.74. The van der Waals surface area contributed by atoms with Crippen LogP contribution in [0.25, 0.3) is 11.2 Å². The Hall–Kier alpha value is -3.20. The van der Waals surface area contributed by atoms with E-state index >= 15 is 0 Å². The van der Waals surface area contributed by atoms with Crippen molar-refractivity contribution in [1.29, 1.82) is 0 Å². The maximum atomic E-state index is 11.3. The van der Waals surface area contributed by atoms with E-state index in [4.69, 9.17) is 20.4 Å². The van der Waals surface area contributed by atoms with E-state index in [-0.39, 0.29) is 11.5 Å². The fraction of sp³-hybridized carbons (Fsp3) is 0.520. The molecule has 0 spiro atoms. The molecular weight excluding hydrogens is 430 g/mol. The monoisotopic (exact) mass is 465 g/mol. The molecule has 9 nitrogen and oxygen atoms in total. The maximum absolute atomic E-state index is 11.3. The maximum Gasteiger partial charge on any atom is 0.246 e. The van der Waals surface area contributed by atoms with Gasteiger partial charge in [0.2, 0.25) is 11.9 Å². The minimum absolute atomic E-state index is 0.00212. The molecule has 1 unspecified atom stereocenters. The van der Waals surface area contributed by atoms with E-state index in [1.54, 1.807) is 13.3 Å². The molecular formula is C25H35N7O2. The summed E-state index contributed by atoms with van der Waals surface area (Å²) in [4.78, 5) is 27.6. The molecule has 0 saturated carbocycles. The highest BCUT2D eigenvalue weighted by atomic mass is 16.5. The van der Waals surface area contributed by atoms with Gasteiger partial charge in [-0.1, -0.05) is 32.9 Å². The number of primary amides is 1. The van der Waals surface area contributed by atoms with Crippen molar-refractivity contribution in [3.05, 3.63) is 35.7 Å². The van der Waals surface area contributed by atoms with Gasteiger partial charge in [0.15, 0.2) is 11.5 Å². The predicted octanol–water partition coefficient (Wildman–Crippen LogP) is 3.57. The Kier molecular flexibility index (Phi) is 6.49. The van der Waals surface area contributed by atoms with Crippen LogP contribution < -0.4 is 16.0 Å². The van der Waals surface area contributed by atoms with Gasteiger partial charge in [-0.05, 0) is 49.3 Å². The van der Waals surface area contributed by atoms with Crippen LogP contribution in [0.5, 0.6) is 0 Å². The normalized spacial score (nSPS) is 16.1. The topological polar surface area (TPSA) is 111 Å². The lowest BCUT2D eigenvalue weighted by atomic mass is 9.86. The first-order valence-electron chi connectivity index (χ1n) is 11.8. The first-order chi connectivity index (χ1) is 16.0. The van der Waals surface area contributed by atoms with Crippen LogP contribution in [0, 0.1) is 6.92 Å². The zero-order valence-electron chi connectivity index (χ0n) is 20.9. The number of anilines is 3. The summed E-state index contributed by atoms with van der Waals surface area (Å²) in [5, 5.41) is 3.57. The number of ether oxygens (including phenoxy) is 1. The Morgan fingerprint density at radius 2 is 1.94 bits per heavy atom. The largest absolute Gasteiger partial charge is 0.367 e. The number of carbonyl (C=O) groups excluding carboxylic acids is 1. The van der Waals surface area contributed by atoms with Gasteiger partial charge in [-0.25, -0.2) is 4.98 Å². The molecule has 1 aromatic carbocycles. The number of hydrogen-bond donors (Lipinski definition) is 2. The highest BCUT2D eigenvalue weighted by Crippen LogP contribution is 2.31. The summed E-state index contributed by atoms with van der Waals surface area (Å²) >= 11 is 0. The van der Waals surface area contributed by atoms with Crippen molar-refractivity contribution in [2.24, 2.45) is 12.8 Å². The van der Waals surface area contributed by atoms with Crippen LogP contribution in [0.4, 0.5) is 17.5 Å². The molecule has 4 rings (SSSR count). The molecule has 9 heteroatoms. The van der Waals surface area contributed by atoms with Crippen molar-refractivity contribution in [2.75, 3.05) is 23.3 Å². The molecule has 1 saturated heterocycles. The molecule has 1 aliphatic heterocycles. The Bertz CT molecular complexity index is 1190. The van der Waals surface area contributed by atoms with Gasteiger partial charge in [-0.15, -0.1) is 0 Å². The number of amides is 1. The number of nitrogens with two attached hydrogens (primary N) is 1. The fourth-order valence-corrected chi connectivity index (χ4v) is 4.17. The van der Waals surface area contributed by atoms with Gasteiger partial charge in [-0.2, -0.15) is 9.97 Å². The Morgan fingerprint density at radius 3 is 2.59 bits per heavy atom. The van der Waals surface area contributed by atoms with E-state index in [9.17, 15) is 4.79 Å². The van der Waals surface area contributed by atoms with Crippen LogP contribution in [0.1, 0.15) is 51.7 Å². The number of piperidine rings is 1. The van der Waals surface area contributed by atoms with Crippen LogP contribution in [0.15, 0.2) is 24.5 Å². The molecule has 2 aromatic heterocycles. The van der Waals surface area contributed by atoms with Gasteiger partial charge >= 0.3 is 0 Å². The molecule has 1 amide bonds.